The normalized spacial score (nSPS) is 20.0. The molecule has 1 atom stereocenters. The zero-order chi connectivity index (χ0) is 36.7. The summed E-state index contributed by atoms with van der Waals surface area (Å²) in [6.45, 7) is 3.75. The fourth-order valence-electron chi connectivity index (χ4n) is 8.01. The Morgan fingerprint density at radius 2 is 1.77 bits per heavy atom. The summed E-state index contributed by atoms with van der Waals surface area (Å²) in [7, 11) is 3.31. The highest BCUT2D eigenvalue weighted by atomic mass is 35.5. The molecule has 3 aliphatic rings. The Labute approximate surface area is 303 Å². The monoisotopic (exact) mass is 739 g/mol. The molecule has 5 heterocycles. The van der Waals surface area contributed by atoms with Crippen LogP contribution in [0, 0.1) is 0 Å². The van der Waals surface area contributed by atoms with Crippen molar-refractivity contribution in [2.45, 2.75) is 69.2 Å². The minimum atomic E-state index is -4.54. The fraction of sp³-hybridized carbons (Fsp3) is 0.459. The van der Waals surface area contributed by atoms with Crippen molar-refractivity contribution in [3.63, 3.8) is 0 Å². The van der Waals surface area contributed by atoms with Gasteiger partial charge in [-0.25, -0.2) is 0 Å². The van der Waals surface area contributed by atoms with Crippen LogP contribution in [0.25, 0.3) is 22.0 Å². The summed E-state index contributed by atoms with van der Waals surface area (Å²) in [5.41, 5.74) is 2.60. The molecule has 0 bridgehead atoms. The highest BCUT2D eigenvalue weighted by Gasteiger charge is 2.38. The Bertz CT molecular complexity index is 2050. The third kappa shape index (κ3) is 7.28. The van der Waals surface area contributed by atoms with Gasteiger partial charge in [0.1, 0.15) is 17.3 Å². The van der Waals surface area contributed by atoms with Crippen molar-refractivity contribution in [3.8, 4) is 16.9 Å². The number of hydrogen-bond acceptors (Lipinski definition) is 8. The number of amides is 2. The maximum absolute atomic E-state index is 14.3. The Kier molecular flexibility index (Phi) is 10.1. The number of aromatic amines is 1. The maximum Gasteiger partial charge on any atom is 0.416 e. The Balaban J connectivity index is 0.965. The van der Waals surface area contributed by atoms with Gasteiger partial charge < -0.3 is 19.5 Å². The Morgan fingerprint density at radius 1 is 1.02 bits per heavy atom. The summed E-state index contributed by atoms with van der Waals surface area (Å²) in [5, 5.41) is 13.3. The molecule has 11 nitrogen and oxygen atoms in total. The number of carbonyl (C=O) groups excluding carboxylic acids is 2. The van der Waals surface area contributed by atoms with Crippen LogP contribution in [0.5, 0.6) is 5.75 Å². The van der Waals surface area contributed by atoms with Crippen LogP contribution in [0.4, 0.5) is 18.9 Å². The van der Waals surface area contributed by atoms with Crippen molar-refractivity contribution >= 4 is 40.0 Å². The molecule has 3 saturated heterocycles. The van der Waals surface area contributed by atoms with E-state index in [4.69, 9.17) is 16.3 Å². The number of benzene rings is 2. The van der Waals surface area contributed by atoms with E-state index < -0.39 is 23.7 Å². The van der Waals surface area contributed by atoms with E-state index in [9.17, 15) is 27.6 Å². The van der Waals surface area contributed by atoms with Crippen LogP contribution in [0.15, 0.2) is 47.5 Å². The number of alkyl halides is 3. The van der Waals surface area contributed by atoms with Crippen molar-refractivity contribution in [3.05, 3.63) is 74.8 Å². The van der Waals surface area contributed by atoms with Gasteiger partial charge in [-0.1, -0.05) is 17.7 Å². The van der Waals surface area contributed by atoms with Gasteiger partial charge in [-0.05, 0) is 99.6 Å². The van der Waals surface area contributed by atoms with Gasteiger partial charge in [-0.2, -0.15) is 18.3 Å². The number of methoxy groups -OCH3 is 1. The minimum absolute atomic E-state index is 0.138. The largest absolute Gasteiger partial charge is 0.496 e. The lowest BCUT2D eigenvalue weighted by molar-refractivity contribution is -0.138. The number of nitrogens with zero attached hydrogens (tertiary/aromatic N) is 4. The first-order chi connectivity index (χ1) is 24.9. The second kappa shape index (κ2) is 14.6. The fourth-order valence-corrected chi connectivity index (χ4v) is 8.28. The minimum Gasteiger partial charge on any atom is -0.496 e. The molecular formula is C37H41ClF3N7O4. The van der Waals surface area contributed by atoms with Gasteiger partial charge in [0.25, 0.3) is 5.56 Å². The number of aryl methyl sites for hydroxylation is 1. The van der Waals surface area contributed by atoms with Gasteiger partial charge in [0.05, 0.1) is 18.9 Å². The van der Waals surface area contributed by atoms with E-state index in [2.05, 4.69) is 30.6 Å². The number of likely N-dealkylation sites (tertiary alicyclic amines) is 2. The number of hydrogen-bond donors (Lipinski definition) is 3. The molecule has 3 N–H and O–H groups in total. The quantitative estimate of drug-likeness (QED) is 0.198. The lowest BCUT2D eigenvalue weighted by Crippen LogP contribution is -2.47. The number of anilines is 1. The predicted octanol–water partition coefficient (Wildman–Crippen LogP) is 5.67. The zero-order valence-corrected chi connectivity index (χ0v) is 29.7. The molecule has 276 valence electrons. The number of H-pyrrole nitrogens is 1. The SMILES string of the molecule is COc1cc(-c2cn(C)c(=O)c3[nH]ncc23)cc(Cl)c1CN1CCC(N2CCC(c3ccc(NC4CCC(=O)NC4=O)cc3C(F)(F)F)CC2)CC1. The van der Waals surface area contributed by atoms with Crippen molar-refractivity contribution in [2.75, 3.05) is 38.6 Å². The molecule has 52 heavy (non-hydrogen) atoms. The van der Waals surface area contributed by atoms with Gasteiger partial charge in [0, 0.05) is 59.5 Å². The average Bonchev–Trinajstić information content (AvgIpc) is 3.62. The van der Waals surface area contributed by atoms with E-state index in [1.165, 1.54) is 4.57 Å². The number of pyridine rings is 1. The van der Waals surface area contributed by atoms with Crippen LogP contribution < -0.4 is 20.9 Å². The summed E-state index contributed by atoms with van der Waals surface area (Å²) in [6, 6.07) is 7.68. The maximum atomic E-state index is 14.3. The van der Waals surface area contributed by atoms with Crippen LogP contribution in [0.1, 0.15) is 61.1 Å². The summed E-state index contributed by atoms with van der Waals surface area (Å²) >= 11 is 6.89. The van der Waals surface area contributed by atoms with E-state index in [1.54, 1.807) is 38.7 Å². The predicted molar refractivity (Wildman–Crippen MR) is 191 cm³/mol. The highest BCUT2D eigenvalue weighted by molar-refractivity contribution is 6.32. The Morgan fingerprint density at radius 3 is 2.46 bits per heavy atom. The molecule has 2 aromatic carbocycles. The molecule has 2 amide bonds. The molecule has 0 saturated carbocycles. The van der Waals surface area contributed by atoms with Crippen molar-refractivity contribution in [1.82, 2.24) is 29.9 Å². The summed E-state index contributed by atoms with van der Waals surface area (Å²) in [5.74, 6) is -0.465. The summed E-state index contributed by atoms with van der Waals surface area (Å²) < 4.78 is 50.2. The molecule has 0 aliphatic carbocycles. The lowest BCUT2D eigenvalue weighted by atomic mass is 9.85. The number of fused-ring (bicyclic) bond motifs is 1. The van der Waals surface area contributed by atoms with Gasteiger partial charge in [0.2, 0.25) is 11.8 Å². The first kappa shape index (κ1) is 36.0. The number of halogens is 4. The van der Waals surface area contributed by atoms with Gasteiger partial charge in [-0.15, -0.1) is 0 Å². The molecule has 2 aromatic heterocycles. The van der Waals surface area contributed by atoms with Crippen LogP contribution in [0.3, 0.4) is 0 Å². The Hall–Kier alpha value is -4.40. The van der Waals surface area contributed by atoms with Crippen LogP contribution in [-0.2, 0) is 29.4 Å². The van der Waals surface area contributed by atoms with Crippen LogP contribution in [0.2, 0.25) is 5.02 Å². The highest BCUT2D eigenvalue weighted by Crippen LogP contribution is 2.41. The number of carbonyl (C=O) groups is 2. The first-order valence-corrected chi connectivity index (χ1v) is 17.9. The van der Waals surface area contributed by atoms with E-state index in [1.807, 2.05) is 12.1 Å². The topological polar surface area (TPSA) is 125 Å². The number of piperidine rings is 3. The second-order valence-electron chi connectivity index (χ2n) is 14.0. The molecule has 3 aliphatic heterocycles. The lowest BCUT2D eigenvalue weighted by Gasteiger charge is -2.42. The summed E-state index contributed by atoms with van der Waals surface area (Å²) in [6.07, 6.45) is 2.37. The number of ether oxygens (including phenoxy) is 1. The standard InChI is InChI=1S/C37H41ClF3N7O4/c1-46-19-27(26-18-42-45-34(26)36(46)51)22-15-30(38)28(32(16-22)52-2)20-47-11-9-24(10-12-47)48-13-7-21(8-14-48)25-4-3-23(17-29(25)37(39,40)41)43-31-5-6-33(49)44-35(31)50/h3-4,15-19,21,24,31,43H,5-14,20H2,1-2H3,(H,42,45)(H,44,49,50). The molecular weight excluding hydrogens is 699 g/mol. The number of aromatic nitrogens is 3. The molecule has 0 spiro atoms. The molecule has 4 aromatic rings. The number of rotatable bonds is 8. The molecule has 7 rings (SSSR count). The smallest absolute Gasteiger partial charge is 0.416 e. The van der Waals surface area contributed by atoms with E-state index in [0.717, 1.165) is 61.8 Å². The van der Waals surface area contributed by atoms with Crippen LogP contribution in [-0.4, -0.2) is 81.8 Å². The van der Waals surface area contributed by atoms with Gasteiger partial charge in [0.15, 0.2) is 0 Å². The molecule has 0 radical (unpaired) electrons. The number of imide groups is 1. The molecule has 15 heteroatoms. The van der Waals surface area contributed by atoms with E-state index >= 15 is 0 Å². The van der Waals surface area contributed by atoms with Crippen molar-refractivity contribution < 1.29 is 27.5 Å². The zero-order valence-electron chi connectivity index (χ0n) is 29.0. The molecule has 1 unspecified atom stereocenters. The third-order valence-electron chi connectivity index (χ3n) is 10.8. The van der Waals surface area contributed by atoms with Gasteiger partial charge >= 0.3 is 6.18 Å². The first-order valence-electron chi connectivity index (χ1n) is 17.6. The second-order valence-corrected chi connectivity index (χ2v) is 14.4. The third-order valence-corrected chi connectivity index (χ3v) is 11.2. The van der Waals surface area contributed by atoms with E-state index in [0.29, 0.717) is 47.1 Å². The van der Waals surface area contributed by atoms with Crippen molar-refractivity contribution in [1.29, 1.82) is 0 Å². The summed E-state index contributed by atoms with van der Waals surface area (Å²) in [4.78, 5) is 40.9. The molecule has 3 fully saturated rings. The van der Waals surface area contributed by atoms with Crippen molar-refractivity contribution in [2.24, 2.45) is 7.05 Å². The van der Waals surface area contributed by atoms with Crippen LogP contribution >= 0.6 is 11.6 Å². The average molecular weight is 740 g/mol. The van der Waals surface area contributed by atoms with Gasteiger partial charge in [-0.3, -0.25) is 29.7 Å². The van der Waals surface area contributed by atoms with E-state index in [-0.39, 0.29) is 41.5 Å². The number of nitrogens with one attached hydrogen (secondary N) is 3.